The predicted octanol–water partition coefficient (Wildman–Crippen LogP) is 5.83. The molecule has 2 N–H and O–H groups in total. The Labute approximate surface area is 167 Å². The van der Waals surface area contributed by atoms with E-state index < -0.39 is 0 Å². The number of phenols is 2. The molecular formula is C25H28O3. The average Bonchev–Trinajstić information content (AvgIpc) is 2.72. The van der Waals surface area contributed by atoms with Crippen LogP contribution in [0.3, 0.4) is 0 Å². The highest BCUT2D eigenvalue weighted by Crippen LogP contribution is 2.37. The van der Waals surface area contributed by atoms with E-state index in [1.54, 1.807) is 24.3 Å². The summed E-state index contributed by atoms with van der Waals surface area (Å²) in [5.41, 5.74) is 3.32. The Hall–Kier alpha value is -2.94. The predicted molar refractivity (Wildman–Crippen MR) is 113 cm³/mol. The van der Waals surface area contributed by atoms with Gasteiger partial charge in [0.2, 0.25) is 0 Å². The number of aromatic hydroxyl groups is 2. The van der Waals surface area contributed by atoms with Gasteiger partial charge < -0.3 is 14.9 Å². The van der Waals surface area contributed by atoms with Crippen LogP contribution in [0.1, 0.15) is 43.4 Å². The van der Waals surface area contributed by atoms with Gasteiger partial charge in [-0.3, -0.25) is 0 Å². The number of aryl methyl sites for hydroxylation is 1. The van der Waals surface area contributed by atoms with Gasteiger partial charge >= 0.3 is 0 Å². The Bertz CT molecular complexity index is 820. The van der Waals surface area contributed by atoms with Crippen molar-refractivity contribution in [1.82, 2.24) is 0 Å². The minimum Gasteiger partial charge on any atom is -0.508 e. The van der Waals surface area contributed by atoms with Crippen molar-refractivity contribution in [2.75, 3.05) is 6.61 Å². The molecule has 0 saturated heterocycles. The van der Waals surface area contributed by atoms with E-state index in [0.29, 0.717) is 6.61 Å². The summed E-state index contributed by atoms with van der Waals surface area (Å²) in [6, 6.07) is 23.0. The van der Waals surface area contributed by atoms with E-state index >= 15 is 0 Å². The SMILES string of the molecule is CCc1ccc(OCCCC(C)(c2ccc(O)cc2)c2ccc(O)cc2)cc1. The average molecular weight is 376 g/mol. The first kappa shape index (κ1) is 19.8. The largest absolute Gasteiger partial charge is 0.508 e. The van der Waals surface area contributed by atoms with Crippen molar-refractivity contribution in [1.29, 1.82) is 0 Å². The Morgan fingerprint density at radius 2 is 1.25 bits per heavy atom. The second-order valence-corrected chi connectivity index (χ2v) is 7.38. The smallest absolute Gasteiger partial charge is 0.119 e. The van der Waals surface area contributed by atoms with Gasteiger partial charge in [-0.1, -0.05) is 50.2 Å². The Morgan fingerprint density at radius 3 is 1.71 bits per heavy atom. The lowest BCUT2D eigenvalue weighted by atomic mass is 9.73. The normalized spacial score (nSPS) is 11.4. The number of benzene rings is 3. The minimum atomic E-state index is -0.239. The van der Waals surface area contributed by atoms with Gasteiger partial charge in [-0.15, -0.1) is 0 Å². The highest BCUT2D eigenvalue weighted by molar-refractivity contribution is 5.42. The fourth-order valence-corrected chi connectivity index (χ4v) is 3.55. The van der Waals surface area contributed by atoms with E-state index in [1.165, 1.54) is 5.56 Å². The zero-order valence-corrected chi connectivity index (χ0v) is 16.6. The number of ether oxygens (including phenoxy) is 1. The summed E-state index contributed by atoms with van der Waals surface area (Å²) >= 11 is 0. The summed E-state index contributed by atoms with van der Waals surface area (Å²) < 4.78 is 5.93. The van der Waals surface area contributed by atoms with Crippen molar-refractivity contribution in [2.24, 2.45) is 0 Å². The lowest BCUT2D eigenvalue weighted by molar-refractivity contribution is 0.293. The van der Waals surface area contributed by atoms with Crippen LogP contribution in [0, 0.1) is 0 Å². The maximum Gasteiger partial charge on any atom is 0.119 e. The summed E-state index contributed by atoms with van der Waals surface area (Å²) in [6.45, 7) is 4.97. The first-order valence-corrected chi connectivity index (χ1v) is 9.82. The molecule has 0 amide bonds. The van der Waals surface area contributed by atoms with Gasteiger partial charge in [0.05, 0.1) is 6.61 Å². The van der Waals surface area contributed by atoms with Crippen LogP contribution in [0.5, 0.6) is 17.2 Å². The van der Waals surface area contributed by atoms with Crippen LogP contribution < -0.4 is 4.74 Å². The number of hydrogen-bond donors (Lipinski definition) is 2. The molecule has 0 atom stereocenters. The molecular weight excluding hydrogens is 348 g/mol. The topological polar surface area (TPSA) is 49.7 Å². The van der Waals surface area contributed by atoms with Crippen LogP contribution in [0.4, 0.5) is 0 Å². The monoisotopic (exact) mass is 376 g/mol. The van der Waals surface area contributed by atoms with Gasteiger partial charge in [-0.05, 0) is 72.4 Å². The summed E-state index contributed by atoms with van der Waals surface area (Å²) in [6.07, 6.45) is 2.79. The van der Waals surface area contributed by atoms with Crippen LogP contribution in [-0.2, 0) is 11.8 Å². The van der Waals surface area contributed by atoms with Gasteiger partial charge in [0.1, 0.15) is 17.2 Å². The molecule has 0 aliphatic rings. The number of hydrogen-bond acceptors (Lipinski definition) is 3. The van der Waals surface area contributed by atoms with Crippen molar-refractivity contribution in [3.05, 3.63) is 89.5 Å². The molecule has 0 heterocycles. The molecule has 0 aliphatic heterocycles. The van der Waals surface area contributed by atoms with Crippen molar-refractivity contribution in [3.63, 3.8) is 0 Å². The number of rotatable bonds is 8. The second kappa shape index (κ2) is 8.83. The summed E-state index contributed by atoms with van der Waals surface area (Å²) in [5, 5.41) is 19.3. The van der Waals surface area contributed by atoms with Crippen molar-refractivity contribution < 1.29 is 14.9 Å². The highest BCUT2D eigenvalue weighted by atomic mass is 16.5. The zero-order chi connectivity index (χ0) is 20.0. The van der Waals surface area contributed by atoms with Gasteiger partial charge in [-0.25, -0.2) is 0 Å². The summed E-state index contributed by atoms with van der Waals surface area (Å²) in [7, 11) is 0. The van der Waals surface area contributed by atoms with E-state index in [1.807, 2.05) is 36.4 Å². The maximum absolute atomic E-state index is 9.65. The van der Waals surface area contributed by atoms with Gasteiger partial charge in [-0.2, -0.15) is 0 Å². The Morgan fingerprint density at radius 1 is 0.750 bits per heavy atom. The first-order valence-electron chi connectivity index (χ1n) is 9.82. The number of phenolic OH excluding ortho intramolecular Hbond substituents is 2. The molecule has 0 radical (unpaired) electrons. The Balaban J connectivity index is 1.71. The van der Waals surface area contributed by atoms with Crippen LogP contribution in [-0.4, -0.2) is 16.8 Å². The molecule has 3 rings (SSSR count). The zero-order valence-electron chi connectivity index (χ0n) is 16.6. The van der Waals surface area contributed by atoms with Crippen molar-refractivity contribution in [3.8, 4) is 17.2 Å². The van der Waals surface area contributed by atoms with E-state index in [-0.39, 0.29) is 16.9 Å². The van der Waals surface area contributed by atoms with E-state index in [4.69, 9.17) is 4.74 Å². The van der Waals surface area contributed by atoms with Crippen molar-refractivity contribution in [2.45, 2.75) is 38.5 Å². The third-order valence-electron chi connectivity index (χ3n) is 5.43. The molecule has 0 unspecified atom stereocenters. The summed E-state index contributed by atoms with van der Waals surface area (Å²) in [5.74, 6) is 1.42. The quantitative estimate of drug-likeness (QED) is 0.487. The molecule has 3 nitrogen and oxygen atoms in total. The molecule has 146 valence electrons. The van der Waals surface area contributed by atoms with Crippen LogP contribution in [0.15, 0.2) is 72.8 Å². The molecule has 3 aromatic carbocycles. The van der Waals surface area contributed by atoms with Gasteiger partial charge in [0, 0.05) is 5.41 Å². The molecule has 3 aromatic rings. The van der Waals surface area contributed by atoms with E-state index in [0.717, 1.165) is 36.1 Å². The standard InChI is InChI=1S/C25H28O3/c1-3-19-5-15-24(16-6-19)28-18-4-17-25(2,20-7-11-22(26)12-8-20)21-9-13-23(27)14-10-21/h5-16,26-27H,3-4,17-18H2,1-2H3. The molecule has 0 saturated carbocycles. The van der Waals surface area contributed by atoms with Crippen LogP contribution >= 0.6 is 0 Å². The first-order chi connectivity index (χ1) is 13.5. The fourth-order valence-electron chi connectivity index (χ4n) is 3.55. The minimum absolute atomic E-state index is 0.239. The van der Waals surface area contributed by atoms with Gasteiger partial charge in [0.15, 0.2) is 0 Å². The molecule has 3 heteroatoms. The lowest BCUT2D eigenvalue weighted by Crippen LogP contribution is -2.24. The molecule has 28 heavy (non-hydrogen) atoms. The van der Waals surface area contributed by atoms with Gasteiger partial charge in [0.25, 0.3) is 0 Å². The molecule has 0 fully saturated rings. The third kappa shape index (κ3) is 4.66. The van der Waals surface area contributed by atoms with Crippen molar-refractivity contribution >= 4 is 0 Å². The second-order valence-electron chi connectivity index (χ2n) is 7.38. The molecule has 0 aromatic heterocycles. The highest BCUT2D eigenvalue weighted by Gasteiger charge is 2.28. The van der Waals surface area contributed by atoms with Crippen LogP contribution in [0.2, 0.25) is 0 Å². The molecule has 0 bridgehead atoms. The third-order valence-corrected chi connectivity index (χ3v) is 5.43. The lowest BCUT2D eigenvalue weighted by Gasteiger charge is -2.31. The molecule has 0 aliphatic carbocycles. The van der Waals surface area contributed by atoms with E-state index in [2.05, 4.69) is 26.0 Å². The maximum atomic E-state index is 9.65. The molecule has 0 spiro atoms. The van der Waals surface area contributed by atoms with E-state index in [9.17, 15) is 10.2 Å². The summed E-state index contributed by atoms with van der Waals surface area (Å²) in [4.78, 5) is 0. The fraction of sp³-hybridized carbons (Fsp3) is 0.280. The van der Waals surface area contributed by atoms with Crippen LogP contribution in [0.25, 0.3) is 0 Å². The Kier molecular flexibility index (Phi) is 6.25.